The van der Waals surface area contributed by atoms with E-state index in [0.717, 1.165) is 11.1 Å². The standard InChI is InChI=1S/C21H20FN3O4/c1-11-14-8-9-25(19(14)24-10-23-11)20-18-17(28-21(2,3)29-18)16(27-20)15(26)12-4-6-13(22)7-5-12/h4-10,16-18,20H,1-3H3/t16-,17-,18-,20-/m1/s1. The summed E-state index contributed by atoms with van der Waals surface area (Å²) in [6.07, 6.45) is 0.796. The second-order valence-corrected chi connectivity index (χ2v) is 7.80. The molecule has 150 valence electrons. The Morgan fingerprint density at radius 3 is 2.59 bits per heavy atom. The molecule has 4 heterocycles. The number of Topliss-reactive ketones (excluding diaryl/α,β-unsaturated/α-hetero) is 1. The van der Waals surface area contributed by atoms with Crippen LogP contribution in [0.5, 0.6) is 0 Å². The van der Waals surface area contributed by atoms with Gasteiger partial charge in [-0.3, -0.25) is 4.79 Å². The number of ether oxygens (including phenoxy) is 3. The van der Waals surface area contributed by atoms with Gasteiger partial charge in [0.15, 0.2) is 23.9 Å². The molecule has 2 aliphatic heterocycles. The molecule has 0 spiro atoms. The normalized spacial score (nSPS) is 28.0. The third kappa shape index (κ3) is 2.95. The van der Waals surface area contributed by atoms with E-state index in [1.165, 1.54) is 30.6 Å². The summed E-state index contributed by atoms with van der Waals surface area (Å²) in [5.41, 5.74) is 1.91. The van der Waals surface area contributed by atoms with Gasteiger partial charge in [-0.2, -0.15) is 0 Å². The first-order chi connectivity index (χ1) is 13.8. The second kappa shape index (κ2) is 6.41. The van der Waals surface area contributed by atoms with E-state index in [2.05, 4.69) is 9.97 Å². The fourth-order valence-corrected chi connectivity index (χ4v) is 4.09. The van der Waals surface area contributed by atoms with Gasteiger partial charge in [0.1, 0.15) is 30.0 Å². The van der Waals surface area contributed by atoms with Crippen LogP contribution in [0.2, 0.25) is 0 Å². The van der Waals surface area contributed by atoms with Crippen LogP contribution in [0.25, 0.3) is 11.0 Å². The van der Waals surface area contributed by atoms with Crippen LogP contribution in [0.15, 0.2) is 42.9 Å². The van der Waals surface area contributed by atoms with Crippen molar-refractivity contribution in [1.82, 2.24) is 14.5 Å². The maximum absolute atomic E-state index is 13.3. The van der Waals surface area contributed by atoms with Crippen LogP contribution in [-0.4, -0.2) is 44.4 Å². The topological polar surface area (TPSA) is 75.5 Å². The molecule has 5 rings (SSSR count). The summed E-state index contributed by atoms with van der Waals surface area (Å²) in [5.74, 6) is -1.53. The number of carbonyl (C=O) groups is 1. The van der Waals surface area contributed by atoms with Gasteiger partial charge < -0.3 is 18.8 Å². The number of ketones is 1. The van der Waals surface area contributed by atoms with Gasteiger partial charge in [-0.25, -0.2) is 14.4 Å². The van der Waals surface area contributed by atoms with Crippen LogP contribution >= 0.6 is 0 Å². The van der Waals surface area contributed by atoms with Crippen molar-refractivity contribution in [2.75, 3.05) is 0 Å². The zero-order valence-corrected chi connectivity index (χ0v) is 16.2. The van der Waals surface area contributed by atoms with Crippen molar-refractivity contribution in [1.29, 1.82) is 0 Å². The van der Waals surface area contributed by atoms with E-state index in [1.807, 2.05) is 37.6 Å². The lowest BCUT2D eigenvalue weighted by molar-refractivity contribution is -0.190. The Bertz CT molecular complexity index is 1100. The van der Waals surface area contributed by atoms with Crippen LogP contribution in [0, 0.1) is 12.7 Å². The van der Waals surface area contributed by atoms with Crippen LogP contribution in [0.4, 0.5) is 4.39 Å². The summed E-state index contributed by atoms with van der Waals surface area (Å²) >= 11 is 0. The molecule has 2 aliphatic rings. The van der Waals surface area contributed by atoms with Gasteiger partial charge in [-0.15, -0.1) is 0 Å². The molecule has 0 saturated carbocycles. The van der Waals surface area contributed by atoms with Crippen LogP contribution in [0.3, 0.4) is 0 Å². The molecule has 29 heavy (non-hydrogen) atoms. The van der Waals surface area contributed by atoms with Crippen molar-refractivity contribution in [3.63, 3.8) is 0 Å². The Kier molecular flexibility index (Phi) is 4.06. The molecular formula is C21H20FN3O4. The Hall–Kier alpha value is -2.68. The third-order valence-corrected chi connectivity index (χ3v) is 5.40. The first-order valence-electron chi connectivity index (χ1n) is 9.43. The summed E-state index contributed by atoms with van der Waals surface area (Å²) in [6.45, 7) is 5.52. The van der Waals surface area contributed by atoms with Crippen molar-refractivity contribution in [3.05, 3.63) is 59.9 Å². The molecule has 0 bridgehead atoms. The Morgan fingerprint density at radius 1 is 1.10 bits per heavy atom. The second-order valence-electron chi connectivity index (χ2n) is 7.80. The Labute approximate surface area is 166 Å². The van der Waals surface area contributed by atoms with E-state index in [9.17, 15) is 9.18 Å². The maximum atomic E-state index is 13.3. The SMILES string of the molecule is Cc1ncnc2c1ccn2[C@@H]1O[C@H](C(=O)c2ccc(F)cc2)[C@H]2OC(C)(C)O[C@H]21. The third-order valence-electron chi connectivity index (χ3n) is 5.40. The lowest BCUT2D eigenvalue weighted by atomic mass is 10.0. The molecule has 2 aromatic heterocycles. The summed E-state index contributed by atoms with van der Waals surface area (Å²) in [5, 5.41) is 0.902. The number of benzene rings is 1. The fraction of sp³-hybridized carbons (Fsp3) is 0.381. The molecule has 0 amide bonds. The summed E-state index contributed by atoms with van der Waals surface area (Å²) in [6, 6.07) is 7.33. The van der Waals surface area contributed by atoms with E-state index < -0.39 is 36.1 Å². The van der Waals surface area contributed by atoms with E-state index in [0.29, 0.717) is 11.2 Å². The molecule has 3 aromatic rings. The average molecular weight is 397 g/mol. The molecule has 2 fully saturated rings. The predicted octanol–water partition coefficient (Wildman–Crippen LogP) is 3.18. The van der Waals surface area contributed by atoms with Crippen molar-refractivity contribution in [3.8, 4) is 0 Å². The molecule has 0 radical (unpaired) electrons. The molecule has 7 nitrogen and oxygen atoms in total. The van der Waals surface area contributed by atoms with Crippen molar-refractivity contribution in [2.24, 2.45) is 0 Å². The molecule has 0 unspecified atom stereocenters. The maximum Gasteiger partial charge on any atom is 0.194 e. The first-order valence-corrected chi connectivity index (χ1v) is 9.43. The van der Waals surface area contributed by atoms with Crippen LogP contribution < -0.4 is 0 Å². The van der Waals surface area contributed by atoms with Gasteiger partial charge >= 0.3 is 0 Å². The fourth-order valence-electron chi connectivity index (χ4n) is 4.09. The molecule has 4 atom stereocenters. The highest BCUT2D eigenvalue weighted by molar-refractivity contribution is 6.00. The molecule has 0 N–H and O–H groups in total. The average Bonchev–Trinajstić information content (AvgIpc) is 3.33. The first kappa shape index (κ1) is 18.4. The predicted molar refractivity (Wildman–Crippen MR) is 101 cm³/mol. The monoisotopic (exact) mass is 397 g/mol. The van der Waals surface area contributed by atoms with Gasteiger partial charge in [0.25, 0.3) is 0 Å². The van der Waals surface area contributed by atoms with Gasteiger partial charge in [-0.1, -0.05) is 0 Å². The van der Waals surface area contributed by atoms with Gasteiger partial charge in [0.2, 0.25) is 0 Å². The quantitative estimate of drug-likeness (QED) is 0.632. The summed E-state index contributed by atoms with van der Waals surface area (Å²) in [7, 11) is 0. The lowest BCUT2D eigenvalue weighted by Gasteiger charge is -2.24. The van der Waals surface area contributed by atoms with Gasteiger partial charge in [0.05, 0.1) is 5.69 Å². The van der Waals surface area contributed by atoms with Crippen molar-refractivity contribution < 1.29 is 23.4 Å². The minimum Gasteiger partial charge on any atom is -0.341 e. The van der Waals surface area contributed by atoms with E-state index in [-0.39, 0.29) is 5.78 Å². The number of halogens is 1. The molecular weight excluding hydrogens is 377 g/mol. The van der Waals surface area contributed by atoms with Crippen LogP contribution in [-0.2, 0) is 14.2 Å². The van der Waals surface area contributed by atoms with Crippen molar-refractivity contribution in [2.45, 2.75) is 51.1 Å². The van der Waals surface area contributed by atoms with E-state index in [4.69, 9.17) is 14.2 Å². The van der Waals surface area contributed by atoms with Crippen molar-refractivity contribution >= 4 is 16.8 Å². The number of nitrogens with zero attached hydrogens (tertiary/aromatic N) is 3. The minimum absolute atomic E-state index is 0.272. The molecule has 1 aromatic carbocycles. The molecule has 8 heteroatoms. The number of hydrogen-bond donors (Lipinski definition) is 0. The van der Waals surface area contributed by atoms with Gasteiger partial charge in [-0.05, 0) is 51.1 Å². The smallest absolute Gasteiger partial charge is 0.194 e. The van der Waals surface area contributed by atoms with E-state index >= 15 is 0 Å². The zero-order valence-electron chi connectivity index (χ0n) is 16.2. The molecule has 2 saturated heterocycles. The number of rotatable bonds is 3. The molecule has 0 aliphatic carbocycles. The summed E-state index contributed by atoms with van der Waals surface area (Å²) < 4.78 is 33.4. The highest BCUT2D eigenvalue weighted by Crippen LogP contribution is 2.44. The minimum atomic E-state index is -0.877. The Balaban J connectivity index is 1.54. The largest absolute Gasteiger partial charge is 0.341 e. The number of aromatic nitrogens is 3. The summed E-state index contributed by atoms with van der Waals surface area (Å²) in [4.78, 5) is 21.7. The zero-order chi connectivity index (χ0) is 20.3. The highest BCUT2D eigenvalue weighted by Gasteiger charge is 2.58. The number of fused-ring (bicyclic) bond motifs is 2. The van der Waals surface area contributed by atoms with Crippen LogP contribution in [0.1, 0.15) is 36.1 Å². The van der Waals surface area contributed by atoms with Gasteiger partial charge in [0, 0.05) is 17.1 Å². The number of carbonyl (C=O) groups excluding carboxylic acids is 1. The number of aryl methyl sites for hydroxylation is 1. The Morgan fingerprint density at radius 2 is 1.83 bits per heavy atom. The highest BCUT2D eigenvalue weighted by atomic mass is 19.1. The van der Waals surface area contributed by atoms with E-state index in [1.54, 1.807) is 0 Å². The lowest BCUT2D eigenvalue weighted by Crippen LogP contribution is -2.35. The number of hydrogen-bond acceptors (Lipinski definition) is 6.